The van der Waals surface area contributed by atoms with Crippen molar-refractivity contribution < 1.29 is 4.74 Å². The molecule has 2 heteroatoms. The van der Waals surface area contributed by atoms with Crippen molar-refractivity contribution in [2.24, 2.45) is 4.99 Å². The van der Waals surface area contributed by atoms with Crippen LogP contribution in [0.25, 0.3) is 5.76 Å². The van der Waals surface area contributed by atoms with Crippen molar-refractivity contribution in [3.05, 3.63) is 71.8 Å². The van der Waals surface area contributed by atoms with Gasteiger partial charge in [0.05, 0.1) is 5.69 Å². The highest BCUT2D eigenvalue weighted by atomic mass is 16.5. The lowest BCUT2D eigenvalue weighted by Gasteiger charge is -1.99. The van der Waals surface area contributed by atoms with Gasteiger partial charge in [0.25, 0.3) is 0 Å². The lowest BCUT2D eigenvalue weighted by atomic mass is 10.1. The highest BCUT2D eigenvalue weighted by molar-refractivity contribution is 6.07. The summed E-state index contributed by atoms with van der Waals surface area (Å²) < 4.78 is 5.65. The predicted octanol–water partition coefficient (Wildman–Crippen LogP) is 4.07. The van der Waals surface area contributed by atoms with Gasteiger partial charge in [-0.3, -0.25) is 0 Å². The summed E-state index contributed by atoms with van der Waals surface area (Å²) in [4.78, 5) is 4.52. The highest BCUT2D eigenvalue weighted by Crippen LogP contribution is 2.30. The third kappa shape index (κ3) is 1.82. The van der Waals surface area contributed by atoms with Crippen molar-refractivity contribution in [1.29, 1.82) is 0 Å². The first-order valence-corrected chi connectivity index (χ1v) is 5.86. The third-order valence-corrected chi connectivity index (χ3v) is 2.91. The molecule has 0 unspecified atom stereocenters. The monoisotopic (exact) mass is 235 g/mol. The maximum Gasteiger partial charge on any atom is 0.227 e. The molecule has 0 atom stereocenters. The summed E-state index contributed by atoms with van der Waals surface area (Å²) >= 11 is 0. The van der Waals surface area contributed by atoms with Crippen LogP contribution < -0.4 is 0 Å². The van der Waals surface area contributed by atoms with Gasteiger partial charge in [0, 0.05) is 11.1 Å². The van der Waals surface area contributed by atoms with E-state index in [1.165, 1.54) is 5.56 Å². The largest absolute Gasteiger partial charge is 0.438 e. The molecule has 0 N–H and O–H groups in total. The minimum atomic E-state index is 0.630. The Morgan fingerprint density at radius 3 is 2.56 bits per heavy atom. The molecule has 0 bridgehead atoms. The number of ether oxygens (including phenoxy) is 1. The standard InChI is InChI=1S/C16H13NO/c1-11-8-9-14-12(2)18-16(15(14)10-11)17-13-6-4-3-5-7-13/h3-10H,2H2,1H3. The summed E-state index contributed by atoms with van der Waals surface area (Å²) in [5.74, 6) is 1.30. The van der Waals surface area contributed by atoms with Gasteiger partial charge in [-0.1, -0.05) is 42.5 Å². The fraction of sp³-hybridized carbons (Fsp3) is 0.0625. The van der Waals surface area contributed by atoms with Crippen molar-refractivity contribution in [1.82, 2.24) is 0 Å². The summed E-state index contributed by atoms with van der Waals surface area (Å²) in [6.45, 7) is 5.97. The molecule has 88 valence electrons. The first-order valence-electron chi connectivity index (χ1n) is 5.86. The van der Waals surface area contributed by atoms with E-state index in [-0.39, 0.29) is 0 Å². The van der Waals surface area contributed by atoms with E-state index in [9.17, 15) is 0 Å². The molecular formula is C16H13NO. The van der Waals surface area contributed by atoms with Gasteiger partial charge in [-0.15, -0.1) is 0 Å². The molecule has 0 aromatic heterocycles. The maximum absolute atomic E-state index is 5.65. The van der Waals surface area contributed by atoms with E-state index in [1.807, 2.05) is 36.4 Å². The minimum Gasteiger partial charge on any atom is -0.438 e. The van der Waals surface area contributed by atoms with Crippen LogP contribution in [0.4, 0.5) is 5.69 Å². The molecule has 2 nitrogen and oxygen atoms in total. The van der Waals surface area contributed by atoms with Crippen molar-refractivity contribution in [2.45, 2.75) is 6.92 Å². The van der Waals surface area contributed by atoms with Crippen LogP contribution in [0.5, 0.6) is 0 Å². The van der Waals surface area contributed by atoms with Crippen LogP contribution in [-0.4, -0.2) is 5.90 Å². The van der Waals surface area contributed by atoms with Gasteiger partial charge >= 0.3 is 0 Å². The highest BCUT2D eigenvalue weighted by Gasteiger charge is 2.23. The zero-order valence-corrected chi connectivity index (χ0v) is 10.2. The molecule has 1 aliphatic heterocycles. The molecule has 2 aromatic rings. The van der Waals surface area contributed by atoms with E-state index in [0.29, 0.717) is 11.7 Å². The predicted molar refractivity (Wildman–Crippen MR) is 73.9 cm³/mol. The summed E-state index contributed by atoms with van der Waals surface area (Å²) in [5, 5.41) is 0. The number of aliphatic imine (C=N–C) groups is 1. The number of para-hydroxylation sites is 1. The van der Waals surface area contributed by atoms with Gasteiger partial charge in [0.2, 0.25) is 5.90 Å². The first kappa shape index (κ1) is 10.8. The molecule has 18 heavy (non-hydrogen) atoms. The lowest BCUT2D eigenvalue weighted by Crippen LogP contribution is -1.96. The van der Waals surface area contributed by atoms with Gasteiger partial charge in [-0.2, -0.15) is 0 Å². The number of nitrogens with zero attached hydrogens (tertiary/aromatic N) is 1. The lowest BCUT2D eigenvalue weighted by molar-refractivity contribution is 0.527. The van der Waals surface area contributed by atoms with Gasteiger partial charge in [-0.25, -0.2) is 4.99 Å². The van der Waals surface area contributed by atoms with Gasteiger partial charge in [-0.05, 0) is 25.1 Å². The van der Waals surface area contributed by atoms with Crippen molar-refractivity contribution in [3.63, 3.8) is 0 Å². The Bertz CT molecular complexity index is 641. The fourth-order valence-corrected chi connectivity index (χ4v) is 2.01. The molecule has 0 radical (unpaired) electrons. The molecule has 0 saturated heterocycles. The van der Waals surface area contributed by atoms with E-state index >= 15 is 0 Å². The van der Waals surface area contributed by atoms with E-state index in [0.717, 1.165) is 16.8 Å². The average Bonchev–Trinajstić information content (AvgIpc) is 2.67. The van der Waals surface area contributed by atoms with Crippen LogP contribution in [0.15, 0.2) is 60.1 Å². The normalized spacial score (nSPS) is 15.6. The second-order valence-corrected chi connectivity index (χ2v) is 4.33. The number of rotatable bonds is 1. The Morgan fingerprint density at radius 1 is 1.00 bits per heavy atom. The smallest absolute Gasteiger partial charge is 0.227 e. The molecule has 0 amide bonds. The minimum absolute atomic E-state index is 0.630. The zero-order valence-electron chi connectivity index (χ0n) is 10.2. The van der Waals surface area contributed by atoms with Gasteiger partial charge < -0.3 is 4.74 Å². The number of benzene rings is 2. The van der Waals surface area contributed by atoms with Crippen LogP contribution in [0.3, 0.4) is 0 Å². The zero-order chi connectivity index (χ0) is 12.5. The topological polar surface area (TPSA) is 21.6 Å². The average molecular weight is 235 g/mol. The third-order valence-electron chi connectivity index (χ3n) is 2.91. The number of fused-ring (bicyclic) bond motifs is 1. The number of hydrogen-bond acceptors (Lipinski definition) is 2. The molecule has 0 saturated carbocycles. The molecule has 3 rings (SSSR count). The Balaban J connectivity index is 2.10. The Hall–Kier alpha value is -2.35. The van der Waals surface area contributed by atoms with E-state index in [1.54, 1.807) is 0 Å². The summed E-state index contributed by atoms with van der Waals surface area (Å²) in [5.41, 5.74) is 4.11. The van der Waals surface area contributed by atoms with Crippen LogP contribution >= 0.6 is 0 Å². The molecule has 0 aliphatic carbocycles. The van der Waals surface area contributed by atoms with Crippen LogP contribution in [0.2, 0.25) is 0 Å². The molecule has 2 aromatic carbocycles. The molecular weight excluding hydrogens is 222 g/mol. The maximum atomic E-state index is 5.65. The van der Waals surface area contributed by atoms with Crippen molar-refractivity contribution in [2.75, 3.05) is 0 Å². The van der Waals surface area contributed by atoms with Gasteiger partial charge in [0.15, 0.2) is 0 Å². The van der Waals surface area contributed by atoms with Gasteiger partial charge in [0.1, 0.15) is 5.76 Å². The first-order chi connectivity index (χ1) is 8.74. The summed E-state index contributed by atoms with van der Waals surface area (Å²) in [7, 11) is 0. The van der Waals surface area contributed by atoms with E-state index in [4.69, 9.17) is 4.74 Å². The molecule has 0 spiro atoms. The molecule has 1 aliphatic rings. The molecule has 0 fully saturated rings. The SMILES string of the molecule is C=C1OC(=Nc2ccccc2)c2cc(C)ccc21. The Kier molecular flexibility index (Phi) is 2.49. The van der Waals surface area contributed by atoms with E-state index in [2.05, 4.69) is 30.6 Å². The van der Waals surface area contributed by atoms with Crippen LogP contribution in [0, 0.1) is 6.92 Å². The second kappa shape index (κ2) is 4.15. The Morgan fingerprint density at radius 2 is 1.78 bits per heavy atom. The number of aryl methyl sites for hydroxylation is 1. The van der Waals surface area contributed by atoms with Crippen LogP contribution in [0.1, 0.15) is 16.7 Å². The summed E-state index contributed by atoms with van der Waals surface area (Å²) in [6, 6.07) is 15.9. The number of hydrogen-bond donors (Lipinski definition) is 0. The van der Waals surface area contributed by atoms with Crippen molar-refractivity contribution in [3.8, 4) is 0 Å². The second-order valence-electron chi connectivity index (χ2n) is 4.33. The Labute approximate surface area is 106 Å². The fourth-order valence-electron chi connectivity index (χ4n) is 2.01. The van der Waals surface area contributed by atoms with E-state index < -0.39 is 0 Å². The summed E-state index contributed by atoms with van der Waals surface area (Å²) in [6.07, 6.45) is 0. The van der Waals surface area contributed by atoms with Crippen LogP contribution in [-0.2, 0) is 4.74 Å². The van der Waals surface area contributed by atoms with Crippen molar-refractivity contribution >= 4 is 17.3 Å². The quantitative estimate of drug-likeness (QED) is 0.730. The molecule has 1 heterocycles.